The van der Waals surface area contributed by atoms with Gasteiger partial charge in [0.2, 0.25) is 0 Å². The van der Waals surface area contributed by atoms with Crippen LogP contribution in [0.4, 0.5) is 26.3 Å². The average molecular weight is 505 g/mol. The summed E-state index contributed by atoms with van der Waals surface area (Å²) in [6.45, 7) is 2.02. The number of aromatic nitrogens is 3. The largest absolute Gasteiger partial charge is 0.464 e. The maximum absolute atomic E-state index is 13.5. The lowest BCUT2D eigenvalue weighted by atomic mass is 10.1. The Kier molecular flexibility index (Phi) is 7.53. The first-order valence-electron chi connectivity index (χ1n) is 10.5. The summed E-state index contributed by atoms with van der Waals surface area (Å²) in [6, 6.07) is 0.948. The lowest BCUT2D eigenvalue weighted by Gasteiger charge is -2.16. The summed E-state index contributed by atoms with van der Waals surface area (Å²) in [5.74, 6) is -1.56. The highest BCUT2D eigenvalue weighted by molar-refractivity contribution is 5.96. The summed E-state index contributed by atoms with van der Waals surface area (Å²) in [4.78, 5) is 32.3. The molecule has 14 heteroatoms. The van der Waals surface area contributed by atoms with E-state index in [0.29, 0.717) is 19.4 Å². The van der Waals surface area contributed by atoms with Crippen LogP contribution in [0, 0.1) is 0 Å². The molecular weight excluding hydrogens is 484 g/mol. The highest BCUT2D eigenvalue weighted by Gasteiger charge is 2.39. The van der Waals surface area contributed by atoms with Crippen molar-refractivity contribution in [2.75, 3.05) is 13.2 Å². The lowest BCUT2D eigenvalue weighted by molar-refractivity contribution is -0.146. The molecule has 1 amide bonds. The predicted octanol–water partition coefficient (Wildman–Crippen LogP) is 3.71. The zero-order chi connectivity index (χ0) is 26.0. The average Bonchev–Trinajstić information content (AvgIpc) is 3.21. The van der Waals surface area contributed by atoms with Gasteiger partial charge in [-0.1, -0.05) is 0 Å². The Morgan fingerprint density at radius 1 is 1.11 bits per heavy atom. The third kappa shape index (κ3) is 5.81. The van der Waals surface area contributed by atoms with E-state index >= 15 is 0 Å². The number of nitrogens with one attached hydrogen (secondary N) is 1. The van der Waals surface area contributed by atoms with Crippen LogP contribution < -0.4 is 11.1 Å². The molecule has 1 atom stereocenters. The number of hydrogen-bond acceptors (Lipinski definition) is 6. The van der Waals surface area contributed by atoms with Crippen LogP contribution in [-0.4, -0.2) is 45.4 Å². The summed E-state index contributed by atoms with van der Waals surface area (Å²) in [5, 5.41) is 1.84. The van der Waals surface area contributed by atoms with E-state index in [1.54, 1.807) is 6.92 Å². The molecule has 3 rings (SSSR count). The fourth-order valence-corrected chi connectivity index (χ4v) is 3.44. The minimum absolute atomic E-state index is 0.0655. The highest BCUT2D eigenvalue weighted by atomic mass is 19.4. The Hall–Kier alpha value is -3.42. The maximum Gasteiger partial charge on any atom is 0.433 e. The van der Waals surface area contributed by atoms with E-state index in [1.807, 2.05) is 0 Å². The van der Waals surface area contributed by atoms with Crippen molar-refractivity contribution in [2.45, 2.75) is 44.6 Å². The number of amides is 1. The number of nitrogens with zero attached hydrogens (tertiary/aromatic N) is 3. The third-order valence-corrected chi connectivity index (χ3v) is 5.05. The van der Waals surface area contributed by atoms with Crippen molar-refractivity contribution >= 4 is 28.6 Å². The Morgan fingerprint density at radius 2 is 1.83 bits per heavy atom. The summed E-state index contributed by atoms with van der Waals surface area (Å²) in [7, 11) is 0. The van der Waals surface area contributed by atoms with Gasteiger partial charge >= 0.3 is 18.3 Å². The first kappa shape index (κ1) is 26.2. The molecule has 0 spiro atoms. The standard InChI is InChI=1S/C21H21F6N5O3/c1-2-35-19(34)13(5-3-4-8-28)30-18(33)14-10-32-16(29-14)7-6-11-12(20(22,23)24)9-15(21(25,26)27)31-17(11)32/h6-7,9-10,13H,2-5,8,28H2,1H3,(H,30,33)/t13-/m1/s1. The summed E-state index contributed by atoms with van der Waals surface area (Å²) in [6.07, 6.45) is -7.98. The molecule has 0 bridgehead atoms. The Bertz CT molecular complexity index is 1240. The number of rotatable bonds is 8. The number of carbonyl (C=O) groups excluding carboxylic acids is 2. The Balaban J connectivity index is 2.05. The highest BCUT2D eigenvalue weighted by Crippen LogP contribution is 2.38. The zero-order valence-electron chi connectivity index (χ0n) is 18.3. The normalized spacial score (nSPS) is 13.3. The van der Waals surface area contributed by atoms with E-state index in [1.165, 1.54) is 0 Å². The van der Waals surface area contributed by atoms with Gasteiger partial charge in [-0.05, 0) is 50.9 Å². The predicted molar refractivity (Wildman–Crippen MR) is 111 cm³/mol. The third-order valence-electron chi connectivity index (χ3n) is 5.05. The van der Waals surface area contributed by atoms with Crippen LogP contribution >= 0.6 is 0 Å². The van der Waals surface area contributed by atoms with Crippen LogP contribution in [0.2, 0.25) is 0 Å². The second kappa shape index (κ2) is 10.1. The molecule has 0 aliphatic heterocycles. The molecule has 0 unspecified atom stereocenters. The Labute approximate surface area is 194 Å². The first-order chi connectivity index (χ1) is 16.4. The first-order valence-corrected chi connectivity index (χ1v) is 10.5. The van der Waals surface area contributed by atoms with E-state index < -0.39 is 52.6 Å². The van der Waals surface area contributed by atoms with Crippen LogP contribution in [0.3, 0.4) is 0 Å². The van der Waals surface area contributed by atoms with Crippen molar-refractivity contribution in [3.63, 3.8) is 0 Å². The number of ether oxygens (including phenoxy) is 1. The molecule has 0 saturated carbocycles. The van der Waals surface area contributed by atoms with Crippen LogP contribution in [0.1, 0.15) is 47.9 Å². The number of esters is 1. The van der Waals surface area contributed by atoms with Crippen molar-refractivity contribution < 1.29 is 40.7 Å². The van der Waals surface area contributed by atoms with E-state index in [9.17, 15) is 35.9 Å². The van der Waals surface area contributed by atoms with Crippen LogP contribution in [0.5, 0.6) is 0 Å². The van der Waals surface area contributed by atoms with Gasteiger partial charge in [0, 0.05) is 11.6 Å². The molecule has 3 aromatic heterocycles. The van der Waals surface area contributed by atoms with Crippen LogP contribution in [-0.2, 0) is 21.9 Å². The number of unbranched alkanes of at least 4 members (excludes halogenated alkanes) is 1. The molecule has 3 N–H and O–H groups in total. The number of alkyl halides is 6. The summed E-state index contributed by atoms with van der Waals surface area (Å²) in [5.41, 5.74) is 1.04. The van der Waals surface area contributed by atoms with Crippen LogP contribution in [0.25, 0.3) is 16.7 Å². The van der Waals surface area contributed by atoms with Crippen molar-refractivity contribution in [3.05, 3.63) is 41.3 Å². The molecule has 8 nitrogen and oxygen atoms in total. The topological polar surface area (TPSA) is 112 Å². The van der Waals surface area contributed by atoms with Crippen LogP contribution in [0.15, 0.2) is 24.4 Å². The number of fused-ring (bicyclic) bond motifs is 3. The Morgan fingerprint density at radius 3 is 2.43 bits per heavy atom. The van der Waals surface area contributed by atoms with E-state index in [0.717, 1.165) is 22.7 Å². The summed E-state index contributed by atoms with van der Waals surface area (Å²) >= 11 is 0. The molecule has 0 radical (unpaired) electrons. The molecule has 35 heavy (non-hydrogen) atoms. The van der Waals surface area contributed by atoms with Gasteiger partial charge in [-0.3, -0.25) is 9.20 Å². The summed E-state index contributed by atoms with van der Waals surface area (Å²) < 4.78 is 86.1. The number of nitrogens with two attached hydrogens (primary N) is 1. The van der Waals surface area contributed by atoms with Gasteiger partial charge in [0.05, 0.1) is 12.2 Å². The van der Waals surface area contributed by atoms with Gasteiger partial charge in [0.25, 0.3) is 5.91 Å². The van der Waals surface area contributed by atoms with Crippen molar-refractivity contribution in [1.82, 2.24) is 19.7 Å². The van der Waals surface area contributed by atoms with Crippen molar-refractivity contribution in [2.24, 2.45) is 5.73 Å². The fraction of sp³-hybridized carbons (Fsp3) is 0.429. The fourth-order valence-electron chi connectivity index (χ4n) is 3.44. The number of hydrogen-bond donors (Lipinski definition) is 2. The van der Waals surface area contributed by atoms with Gasteiger partial charge < -0.3 is 15.8 Å². The maximum atomic E-state index is 13.5. The minimum Gasteiger partial charge on any atom is -0.464 e. The van der Waals surface area contributed by atoms with Gasteiger partial charge in [0.15, 0.2) is 0 Å². The number of carbonyl (C=O) groups is 2. The number of pyridine rings is 2. The zero-order valence-corrected chi connectivity index (χ0v) is 18.3. The van der Waals surface area contributed by atoms with Crippen molar-refractivity contribution in [3.8, 4) is 0 Å². The molecule has 0 saturated heterocycles. The number of halogens is 6. The van der Waals surface area contributed by atoms with E-state index in [-0.39, 0.29) is 30.4 Å². The quantitative estimate of drug-likeness (QED) is 0.274. The van der Waals surface area contributed by atoms with Gasteiger partial charge in [0.1, 0.15) is 28.7 Å². The van der Waals surface area contributed by atoms with Crippen molar-refractivity contribution in [1.29, 1.82) is 0 Å². The molecule has 0 aliphatic carbocycles. The lowest BCUT2D eigenvalue weighted by Crippen LogP contribution is -2.42. The second-order valence-corrected chi connectivity index (χ2v) is 7.54. The molecule has 3 aromatic rings. The SMILES string of the molecule is CCOC(=O)[C@@H](CCCCN)NC(=O)c1cn2c(ccc3c(C(F)(F)F)cc(C(F)(F)F)nc32)n1. The molecule has 190 valence electrons. The minimum atomic E-state index is -5.15. The molecule has 0 aromatic carbocycles. The van der Waals surface area contributed by atoms with Gasteiger partial charge in [-0.2, -0.15) is 26.3 Å². The second-order valence-electron chi connectivity index (χ2n) is 7.54. The molecule has 0 fully saturated rings. The van der Waals surface area contributed by atoms with Gasteiger partial charge in [-0.15, -0.1) is 0 Å². The smallest absolute Gasteiger partial charge is 0.433 e. The monoisotopic (exact) mass is 505 g/mol. The molecule has 0 aliphatic rings. The van der Waals surface area contributed by atoms with E-state index in [2.05, 4.69) is 15.3 Å². The van der Waals surface area contributed by atoms with E-state index in [4.69, 9.17) is 10.5 Å². The van der Waals surface area contributed by atoms with Gasteiger partial charge in [-0.25, -0.2) is 14.8 Å². The molecule has 3 heterocycles. The number of imidazole rings is 1. The molecular formula is C21H21F6N5O3.